The van der Waals surface area contributed by atoms with E-state index in [2.05, 4.69) is 20.1 Å². The molecule has 0 saturated heterocycles. The SMILES string of the molecule is C=COC(CCC)OC=C.C=O.Oc1ccccc1. The minimum Gasteiger partial charge on any atom is -0.508 e. The normalized spacial score (nSPS) is 8.11. The molecule has 106 valence electrons. The van der Waals surface area contributed by atoms with Crippen LogP contribution in [0.5, 0.6) is 5.75 Å². The molecule has 0 aromatic heterocycles. The van der Waals surface area contributed by atoms with Gasteiger partial charge in [0.15, 0.2) is 0 Å². The average molecular weight is 266 g/mol. The highest BCUT2D eigenvalue weighted by Crippen LogP contribution is 2.04. The molecule has 0 heterocycles. The van der Waals surface area contributed by atoms with E-state index < -0.39 is 0 Å². The van der Waals surface area contributed by atoms with E-state index in [1.807, 2.05) is 12.9 Å². The van der Waals surface area contributed by atoms with Gasteiger partial charge in [0.1, 0.15) is 12.5 Å². The van der Waals surface area contributed by atoms with Gasteiger partial charge in [0, 0.05) is 6.42 Å². The summed E-state index contributed by atoms with van der Waals surface area (Å²) in [4.78, 5) is 8.00. The van der Waals surface area contributed by atoms with Crippen LogP contribution >= 0.6 is 0 Å². The number of carbonyl (C=O) groups is 1. The summed E-state index contributed by atoms with van der Waals surface area (Å²) in [5, 5.41) is 8.63. The van der Waals surface area contributed by atoms with Crippen molar-refractivity contribution in [3.05, 3.63) is 56.0 Å². The van der Waals surface area contributed by atoms with Crippen LogP contribution < -0.4 is 0 Å². The van der Waals surface area contributed by atoms with Crippen molar-refractivity contribution in [2.75, 3.05) is 0 Å². The van der Waals surface area contributed by atoms with Gasteiger partial charge in [-0.25, -0.2) is 0 Å². The highest BCUT2D eigenvalue weighted by Gasteiger charge is 2.03. The maximum Gasteiger partial charge on any atom is 0.239 e. The summed E-state index contributed by atoms with van der Waals surface area (Å²) in [6.45, 7) is 10.9. The number of para-hydroxylation sites is 1. The first-order chi connectivity index (χ1) is 9.24. The fraction of sp³-hybridized carbons (Fsp3) is 0.267. The predicted molar refractivity (Wildman–Crippen MR) is 76.5 cm³/mol. The Morgan fingerprint density at radius 2 is 1.63 bits per heavy atom. The van der Waals surface area contributed by atoms with Crippen molar-refractivity contribution in [1.82, 2.24) is 0 Å². The second-order valence-electron chi connectivity index (χ2n) is 3.16. The summed E-state index contributed by atoms with van der Waals surface area (Å²) in [5.41, 5.74) is 0. The molecule has 4 heteroatoms. The lowest BCUT2D eigenvalue weighted by Gasteiger charge is -2.13. The zero-order chi connectivity index (χ0) is 14.9. The lowest BCUT2D eigenvalue weighted by atomic mass is 10.3. The molecule has 0 aliphatic carbocycles. The molecule has 0 aliphatic rings. The van der Waals surface area contributed by atoms with E-state index in [9.17, 15) is 0 Å². The molecular formula is C15H22O4. The Balaban J connectivity index is 0. The van der Waals surface area contributed by atoms with Crippen molar-refractivity contribution in [3.8, 4) is 5.75 Å². The number of hydrogen-bond acceptors (Lipinski definition) is 4. The summed E-state index contributed by atoms with van der Waals surface area (Å²) in [6, 6.07) is 8.71. The fourth-order valence-corrected chi connectivity index (χ4v) is 1.05. The second-order valence-corrected chi connectivity index (χ2v) is 3.16. The molecule has 0 fully saturated rings. The van der Waals surface area contributed by atoms with Crippen LogP contribution in [0.1, 0.15) is 19.8 Å². The van der Waals surface area contributed by atoms with Crippen LogP contribution in [-0.4, -0.2) is 18.2 Å². The summed E-state index contributed by atoms with van der Waals surface area (Å²) in [5.74, 6) is 0.322. The van der Waals surface area contributed by atoms with Crippen LogP contribution in [0.4, 0.5) is 0 Å². The van der Waals surface area contributed by atoms with Crippen molar-refractivity contribution >= 4 is 6.79 Å². The van der Waals surface area contributed by atoms with Gasteiger partial charge >= 0.3 is 0 Å². The molecule has 0 amide bonds. The lowest BCUT2D eigenvalue weighted by Crippen LogP contribution is -2.10. The molecule has 0 atom stereocenters. The number of rotatable bonds is 6. The molecule has 0 radical (unpaired) electrons. The van der Waals surface area contributed by atoms with Crippen molar-refractivity contribution in [2.45, 2.75) is 26.1 Å². The number of carbonyl (C=O) groups excluding carboxylic acids is 1. The Morgan fingerprint density at radius 3 is 1.89 bits per heavy atom. The Morgan fingerprint density at radius 1 is 1.16 bits per heavy atom. The number of phenols is 1. The molecule has 1 rings (SSSR count). The third-order valence-electron chi connectivity index (χ3n) is 1.78. The van der Waals surface area contributed by atoms with Gasteiger partial charge in [-0.05, 0) is 18.6 Å². The van der Waals surface area contributed by atoms with E-state index in [1.54, 1.807) is 24.3 Å². The third kappa shape index (κ3) is 13.7. The van der Waals surface area contributed by atoms with Crippen molar-refractivity contribution in [2.24, 2.45) is 0 Å². The van der Waals surface area contributed by atoms with Gasteiger partial charge in [0.2, 0.25) is 6.29 Å². The van der Waals surface area contributed by atoms with Gasteiger partial charge in [-0.1, -0.05) is 38.3 Å². The largest absolute Gasteiger partial charge is 0.508 e. The maximum absolute atomic E-state index is 8.63. The van der Waals surface area contributed by atoms with Gasteiger partial charge in [-0.15, -0.1) is 0 Å². The van der Waals surface area contributed by atoms with Gasteiger partial charge in [-0.2, -0.15) is 0 Å². The number of benzene rings is 1. The zero-order valence-corrected chi connectivity index (χ0v) is 11.3. The molecule has 4 nitrogen and oxygen atoms in total. The van der Waals surface area contributed by atoms with E-state index in [0.717, 1.165) is 12.8 Å². The van der Waals surface area contributed by atoms with Crippen molar-refractivity contribution in [3.63, 3.8) is 0 Å². The highest BCUT2D eigenvalue weighted by molar-refractivity contribution is 5.18. The number of hydrogen-bond donors (Lipinski definition) is 1. The van der Waals surface area contributed by atoms with Gasteiger partial charge in [0.05, 0.1) is 12.5 Å². The fourth-order valence-electron chi connectivity index (χ4n) is 1.05. The van der Waals surface area contributed by atoms with Crippen molar-refractivity contribution in [1.29, 1.82) is 0 Å². The molecule has 1 aromatic rings. The van der Waals surface area contributed by atoms with Crippen LogP contribution in [0.3, 0.4) is 0 Å². The van der Waals surface area contributed by atoms with Crippen LogP contribution in [-0.2, 0) is 14.3 Å². The first kappa shape index (κ1) is 19.1. The molecule has 1 aromatic carbocycles. The second kappa shape index (κ2) is 15.8. The molecule has 0 saturated carbocycles. The van der Waals surface area contributed by atoms with Crippen LogP contribution in [0.15, 0.2) is 56.0 Å². The van der Waals surface area contributed by atoms with Gasteiger partial charge < -0.3 is 19.4 Å². The first-order valence-electron chi connectivity index (χ1n) is 5.80. The Bertz CT molecular complexity index is 301. The first-order valence-corrected chi connectivity index (χ1v) is 5.80. The molecule has 0 spiro atoms. The average Bonchev–Trinajstić information content (AvgIpc) is 2.43. The van der Waals surface area contributed by atoms with Crippen LogP contribution in [0.25, 0.3) is 0 Å². The number of phenolic OH excluding ortho intramolecular Hbond substituents is 1. The maximum atomic E-state index is 8.63. The minimum atomic E-state index is -0.208. The zero-order valence-electron chi connectivity index (χ0n) is 11.3. The Hall–Kier alpha value is -2.23. The van der Waals surface area contributed by atoms with E-state index in [1.165, 1.54) is 12.5 Å². The highest BCUT2D eigenvalue weighted by atomic mass is 16.7. The van der Waals surface area contributed by atoms with Crippen LogP contribution in [0.2, 0.25) is 0 Å². The van der Waals surface area contributed by atoms with Gasteiger partial charge in [-0.3, -0.25) is 0 Å². The molecule has 0 unspecified atom stereocenters. The molecule has 0 bridgehead atoms. The summed E-state index contributed by atoms with van der Waals surface area (Å²) in [6.07, 6.45) is 4.43. The number of ether oxygens (including phenoxy) is 2. The van der Waals surface area contributed by atoms with Gasteiger partial charge in [0.25, 0.3) is 0 Å². The Kier molecular flexibility index (Phi) is 15.9. The monoisotopic (exact) mass is 266 g/mol. The standard InChI is InChI=1S/C8H14O2.C6H6O.CH2O/c1-4-7-8(9-5-2)10-6-3;7-6-4-2-1-3-5-6;1-2/h5-6,8H,2-4,7H2,1H3;1-5,7H;1H2. The summed E-state index contributed by atoms with van der Waals surface area (Å²) >= 11 is 0. The number of aromatic hydroxyl groups is 1. The van der Waals surface area contributed by atoms with E-state index in [0.29, 0.717) is 5.75 Å². The summed E-state index contributed by atoms with van der Waals surface area (Å²) in [7, 11) is 0. The molecule has 1 N–H and O–H groups in total. The predicted octanol–water partition coefficient (Wildman–Crippen LogP) is 3.64. The quantitative estimate of drug-likeness (QED) is 0.631. The topological polar surface area (TPSA) is 55.8 Å². The molecular weight excluding hydrogens is 244 g/mol. The molecule has 19 heavy (non-hydrogen) atoms. The van der Waals surface area contributed by atoms with Crippen molar-refractivity contribution < 1.29 is 19.4 Å². The summed E-state index contributed by atoms with van der Waals surface area (Å²) < 4.78 is 9.99. The molecule has 0 aliphatic heterocycles. The third-order valence-corrected chi connectivity index (χ3v) is 1.78. The Labute approximate surface area is 115 Å². The van der Waals surface area contributed by atoms with E-state index in [-0.39, 0.29) is 6.29 Å². The lowest BCUT2D eigenvalue weighted by molar-refractivity contribution is -0.0980. The smallest absolute Gasteiger partial charge is 0.239 e. The van der Waals surface area contributed by atoms with Crippen LogP contribution in [0, 0.1) is 0 Å². The van der Waals surface area contributed by atoms with E-state index >= 15 is 0 Å². The minimum absolute atomic E-state index is 0.208. The van der Waals surface area contributed by atoms with E-state index in [4.69, 9.17) is 19.4 Å².